The number of halogens is 2. The number of nitrogens with two attached hydrogens (primary N) is 1. The number of nitrogens with one attached hydrogen (secondary N) is 1. The molecule has 0 unspecified atom stereocenters. The van der Waals surface area contributed by atoms with E-state index in [2.05, 4.69) is 20.7 Å². The van der Waals surface area contributed by atoms with Crippen LogP contribution >= 0.6 is 35.0 Å². The number of hydrogen-bond donors (Lipinski definition) is 2. The molecule has 0 spiro atoms. The number of nitrogen functional groups attached to an aromatic ring is 1. The van der Waals surface area contributed by atoms with Gasteiger partial charge in [0, 0.05) is 11.3 Å². The Balaban J connectivity index is 1.63. The molecule has 9 heteroatoms. The summed E-state index contributed by atoms with van der Waals surface area (Å²) < 4.78 is 1.35. The molecule has 3 rings (SSSR count). The Morgan fingerprint density at radius 2 is 1.92 bits per heavy atom. The van der Waals surface area contributed by atoms with Crippen molar-refractivity contribution in [2.24, 2.45) is 5.10 Å². The maximum atomic E-state index is 6.10. The molecule has 128 valence electrons. The first kappa shape index (κ1) is 17.6. The average molecular weight is 393 g/mol. The van der Waals surface area contributed by atoms with Gasteiger partial charge in [-0.15, -0.1) is 10.2 Å². The second-order valence-electron chi connectivity index (χ2n) is 4.96. The molecular weight excluding hydrogens is 379 g/mol. The first-order valence-corrected chi connectivity index (χ1v) is 8.99. The Hall–Kier alpha value is -2.22. The van der Waals surface area contributed by atoms with E-state index in [9.17, 15) is 0 Å². The highest BCUT2D eigenvalue weighted by atomic mass is 35.5. The fraction of sp³-hybridized carbons (Fsp3) is 0.0625. The molecule has 0 bridgehead atoms. The van der Waals surface area contributed by atoms with Gasteiger partial charge >= 0.3 is 0 Å². The van der Waals surface area contributed by atoms with Crippen LogP contribution in [0.25, 0.3) is 0 Å². The lowest BCUT2D eigenvalue weighted by atomic mass is 10.2. The summed E-state index contributed by atoms with van der Waals surface area (Å²) >= 11 is 13.5. The molecule has 0 fully saturated rings. The standard InChI is InChI=1S/C16H14Cl2N6S/c17-13-8-4-7-12(14(13)18)9-20-21-15-22-23-16(24(15)19)25-10-11-5-2-1-3-6-11/h1-9H,10,19H2,(H,21,22)/b20-9+. The molecule has 0 aliphatic heterocycles. The number of benzene rings is 2. The van der Waals surface area contributed by atoms with E-state index in [0.29, 0.717) is 26.7 Å². The lowest BCUT2D eigenvalue weighted by Crippen LogP contribution is -2.13. The van der Waals surface area contributed by atoms with Crippen LogP contribution in [0.2, 0.25) is 10.0 Å². The Morgan fingerprint density at radius 1 is 1.12 bits per heavy atom. The van der Waals surface area contributed by atoms with Gasteiger partial charge in [0.1, 0.15) is 0 Å². The van der Waals surface area contributed by atoms with E-state index in [0.717, 1.165) is 5.75 Å². The third-order valence-corrected chi connectivity index (χ3v) is 5.07. The zero-order chi connectivity index (χ0) is 17.6. The van der Waals surface area contributed by atoms with Crippen molar-refractivity contribution < 1.29 is 0 Å². The third kappa shape index (κ3) is 4.45. The molecule has 1 aromatic heterocycles. The van der Waals surface area contributed by atoms with Crippen molar-refractivity contribution in [3.8, 4) is 0 Å². The molecule has 0 saturated carbocycles. The van der Waals surface area contributed by atoms with Gasteiger partial charge in [-0.2, -0.15) is 5.10 Å². The first-order valence-electron chi connectivity index (χ1n) is 7.25. The van der Waals surface area contributed by atoms with Gasteiger partial charge in [-0.3, -0.25) is 0 Å². The highest BCUT2D eigenvalue weighted by Gasteiger charge is 2.09. The summed E-state index contributed by atoms with van der Waals surface area (Å²) in [4.78, 5) is 0. The summed E-state index contributed by atoms with van der Waals surface area (Å²) in [5.74, 6) is 7.06. The molecule has 3 aromatic rings. The molecule has 0 amide bonds. The highest BCUT2D eigenvalue weighted by molar-refractivity contribution is 7.98. The quantitative estimate of drug-likeness (QED) is 0.286. The van der Waals surface area contributed by atoms with Gasteiger partial charge in [-0.25, -0.2) is 10.1 Å². The lowest BCUT2D eigenvalue weighted by molar-refractivity contribution is 0.847. The molecule has 0 saturated heterocycles. The number of hydrogen-bond acceptors (Lipinski definition) is 6. The summed E-state index contributed by atoms with van der Waals surface area (Å²) in [5.41, 5.74) is 4.61. The normalized spacial score (nSPS) is 11.1. The Labute approximate surface area is 159 Å². The number of rotatable bonds is 6. The van der Waals surface area contributed by atoms with Crippen molar-refractivity contribution in [2.75, 3.05) is 11.3 Å². The fourth-order valence-corrected chi connectivity index (χ4v) is 3.12. The molecule has 6 nitrogen and oxygen atoms in total. The van der Waals surface area contributed by atoms with Gasteiger partial charge in [-0.05, 0) is 11.6 Å². The predicted octanol–water partition coefficient (Wildman–Crippen LogP) is 4.04. The second kappa shape index (κ2) is 8.24. The SMILES string of the molecule is Nn1c(N/N=C/c2cccc(Cl)c2Cl)nnc1SCc1ccccc1. The largest absolute Gasteiger partial charge is 0.334 e. The molecule has 0 aliphatic rings. The molecule has 0 aliphatic carbocycles. The fourth-order valence-electron chi connectivity index (χ4n) is 1.95. The van der Waals surface area contributed by atoms with E-state index >= 15 is 0 Å². The van der Waals surface area contributed by atoms with Crippen LogP contribution in [0.3, 0.4) is 0 Å². The van der Waals surface area contributed by atoms with Crippen LogP contribution in [0.4, 0.5) is 5.95 Å². The van der Waals surface area contributed by atoms with Crippen LogP contribution in [0, 0.1) is 0 Å². The smallest absolute Gasteiger partial charge is 0.264 e. The van der Waals surface area contributed by atoms with E-state index in [1.54, 1.807) is 24.4 Å². The van der Waals surface area contributed by atoms with Gasteiger partial charge in [-0.1, -0.05) is 77.4 Å². The van der Waals surface area contributed by atoms with Crippen LogP contribution in [-0.4, -0.2) is 21.1 Å². The highest BCUT2D eigenvalue weighted by Crippen LogP contribution is 2.24. The van der Waals surface area contributed by atoms with Gasteiger partial charge < -0.3 is 5.84 Å². The molecule has 25 heavy (non-hydrogen) atoms. The van der Waals surface area contributed by atoms with Gasteiger partial charge in [0.2, 0.25) is 5.16 Å². The monoisotopic (exact) mass is 392 g/mol. The Morgan fingerprint density at radius 3 is 2.72 bits per heavy atom. The Kier molecular flexibility index (Phi) is 5.80. The minimum atomic E-state index is 0.324. The summed E-state index contributed by atoms with van der Waals surface area (Å²) in [7, 11) is 0. The Bertz CT molecular complexity index is 882. The number of anilines is 1. The molecule has 1 heterocycles. The molecule has 3 N–H and O–H groups in total. The minimum absolute atomic E-state index is 0.324. The number of nitrogens with zero attached hydrogens (tertiary/aromatic N) is 4. The van der Waals surface area contributed by atoms with E-state index < -0.39 is 0 Å². The van der Waals surface area contributed by atoms with Crippen LogP contribution in [-0.2, 0) is 5.75 Å². The zero-order valence-electron chi connectivity index (χ0n) is 12.9. The molecular formula is C16H14Cl2N6S. The van der Waals surface area contributed by atoms with Crippen LogP contribution in [0.5, 0.6) is 0 Å². The zero-order valence-corrected chi connectivity index (χ0v) is 15.3. The number of hydrazone groups is 1. The van der Waals surface area contributed by atoms with Crippen molar-refractivity contribution in [3.63, 3.8) is 0 Å². The minimum Gasteiger partial charge on any atom is -0.334 e. The molecule has 2 aromatic carbocycles. The predicted molar refractivity (Wildman–Crippen MR) is 104 cm³/mol. The van der Waals surface area contributed by atoms with Crippen LogP contribution in [0.15, 0.2) is 58.8 Å². The van der Waals surface area contributed by atoms with E-state index in [-0.39, 0.29) is 0 Å². The van der Waals surface area contributed by atoms with Crippen molar-refractivity contribution in [1.29, 1.82) is 0 Å². The summed E-state index contributed by atoms with van der Waals surface area (Å²) in [5, 5.41) is 13.6. The van der Waals surface area contributed by atoms with Crippen molar-refractivity contribution in [3.05, 3.63) is 69.7 Å². The van der Waals surface area contributed by atoms with Crippen molar-refractivity contribution in [1.82, 2.24) is 14.9 Å². The number of aromatic nitrogens is 3. The lowest BCUT2D eigenvalue weighted by Gasteiger charge is -2.03. The summed E-state index contributed by atoms with van der Waals surface area (Å²) in [6, 6.07) is 15.3. The maximum absolute atomic E-state index is 6.10. The van der Waals surface area contributed by atoms with Crippen LogP contribution < -0.4 is 11.3 Å². The second-order valence-corrected chi connectivity index (χ2v) is 6.69. The van der Waals surface area contributed by atoms with Crippen molar-refractivity contribution in [2.45, 2.75) is 10.9 Å². The molecule has 0 atom stereocenters. The van der Waals surface area contributed by atoms with Gasteiger partial charge in [0.15, 0.2) is 0 Å². The average Bonchev–Trinajstić information content (AvgIpc) is 2.98. The molecule has 0 radical (unpaired) electrons. The third-order valence-electron chi connectivity index (χ3n) is 3.22. The van der Waals surface area contributed by atoms with Gasteiger partial charge in [0.05, 0.1) is 16.3 Å². The maximum Gasteiger partial charge on any atom is 0.264 e. The van der Waals surface area contributed by atoms with Gasteiger partial charge in [0.25, 0.3) is 5.95 Å². The number of thioether (sulfide) groups is 1. The van der Waals surface area contributed by atoms with E-state index in [1.807, 2.05) is 30.3 Å². The summed E-state index contributed by atoms with van der Waals surface area (Å²) in [6.45, 7) is 0. The topological polar surface area (TPSA) is 81.1 Å². The van der Waals surface area contributed by atoms with Crippen molar-refractivity contribution >= 4 is 47.1 Å². The van der Waals surface area contributed by atoms with E-state index in [4.69, 9.17) is 29.0 Å². The van der Waals surface area contributed by atoms with E-state index in [1.165, 1.54) is 22.0 Å². The van der Waals surface area contributed by atoms with Crippen LogP contribution in [0.1, 0.15) is 11.1 Å². The summed E-state index contributed by atoms with van der Waals surface area (Å²) in [6.07, 6.45) is 1.54. The first-order chi connectivity index (χ1) is 12.1.